The van der Waals surface area contributed by atoms with Gasteiger partial charge in [0.25, 0.3) is 0 Å². The van der Waals surface area contributed by atoms with Crippen molar-refractivity contribution in [3.63, 3.8) is 0 Å². The second kappa shape index (κ2) is 5.74. The van der Waals surface area contributed by atoms with E-state index >= 15 is 0 Å². The summed E-state index contributed by atoms with van der Waals surface area (Å²) in [6.45, 7) is 3.99. The average molecular weight is 262 g/mol. The third-order valence-electron chi connectivity index (χ3n) is 3.09. The highest BCUT2D eigenvalue weighted by Crippen LogP contribution is 2.26. The second-order valence-electron chi connectivity index (χ2n) is 4.31. The Hall–Kier alpha value is -0.0500. The molecule has 1 amide bonds. The number of carbonyl (C=O) groups excluding carboxylic acids is 1. The predicted octanol–water partition coefficient (Wildman–Crippen LogP) is 2.85. The molecule has 2 atom stereocenters. The molecular weight excluding hydrogens is 242 g/mol. The number of nitrogens with one attached hydrogen (secondary N) is 1. The monoisotopic (exact) mass is 261 g/mol. The van der Waals surface area contributed by atoms with E-state index in [1.165, 1.54) is 32.1 Å². The van der Waals surface area contributed by atoms with Crippen molar-refractivity contribution in [1.82, 2.24) is 5.32 Å². The number of hydrogen-bond acceptors (Lipinski definition) is 1. The van der Waals surface area contributed by atoms with Crippen molar-refractivity contribution in [1.29, 1.82) is 0 Å². The lowest BCUT2D eigenvalue weighted by Crippen LogP contribution is -2.41. The highest BCUT2D eigenvalue weighted by molar-refractivity contribution is 9.10. The maximum atomic E-state index is 11.4. The summed E-state index contributed by atoms with van der Waals surface area (Å²) in [4.78, 5) is 11.4. The summed E-state index contributed by atoms with van der Waals surface area (Å²) in [6.07, 6.45) is 6.58. The maximum Gasteiger partial charge on any atom is 0.233 e. The Morgan fingerprint density at radius 3 is 2.36 bits per heavy atom. The van der Waals surface area contributed by atoms with Gasteiger partial charge in [0, 0.05) is 6.04 Å². The van der Waals surface area contributed by atoms with Crippen molar-refractivity contribution < 1.29 is 4.79 Å². The number of rotatable bonds is 3. The molecule has 1 rings (SSSR count). The summed E-state index contributed by atoms with van der Waals surface area (Å²) in [5, 5.41) is 3.06. The molecule has 0 radical (unpaired) electrons. The van der Waals surface area contributed by atoms with E-state index in [0.717, 1.165) is 0 Å². The number of carbonyl (C=O) groups is 1. The Bertz CT molecular complexity index is 188. The minimum Gasteiger partial charge on any atom is -0.352 e. The normalized spacial score (nSPS) is 22.8. The molecule has 2 nitrogen and oxygen atoms in total. The summed E-state index contributed by atoms with van der Waals surface area (Å²) in [5.41, 5.74) is 0. The summed E-state index contributed by atoms with van der Waals surface area (Å²) >= 11 is 3.28. The van der Waals surface area contributed by atoms with Crippen molar-refractivity contribution in [2.75, 3.05) is 0 Å². The predicted molar refractivity (Wildman–Crippen MR) is 62.6 cm³/mol. The van der Waals surface area contributed by atoms with Crippen LogP contribution in [0, 0.1) is 5.92 Å². The molecule has 1 N–H and O–H groups in total. The molecule has 1 aliphatic carbocycles. The molecule has 3 heteroatoms. The van der Waals surface area contributed by atoms with E-state index in [-0.39, 0.29) is 10.7 Å². The quantitative estimate of drug-likeness (QED) is 0.778. The molecule has 0 spiro atoms. The number of hydrogen-bond donors (Lipinski definition) is 1. The Kier molecular flexibility index (Phi) is 4.93. The lowest BCUT2D eigenvalue weighted by molar-refractivity contribution is -0.121. The Labute approximate surface area is 95.0 Å². The molecule has 14 heavy (non-hydrogen) atoms. The molecule has 1 aliphatic rings. The van der Waals surface area contributed by atoms with Gasteiger partial charge in [0.1, 0.15) is 0 Å². The van der Waals surface area contributed by atoms with E-state index in [0.29, 0.717) is 12.0 Å². The first-order valence-electron chi connectivity index (χ1n) is 5.55. The number of alkyl halides is 1. The first-order chi connectivity index (χ1) is 6.61. The van der Waals surface area contributed by atoms with Crippen molar-refractivity contribution in [2.24, 2.45) is 5.92 Å². The van der Waals surface area contributed by atoms with Gasteiger partial charge in [0.15, 0.2) is 0 Å². The van der Waals surface area contributed by atoms with Gasteiger partial charge >= 0.3 is 0 Å². The van der Waals surface area contributed by atoms with Crippen LogP contribution >= 0.6 is 15.9 Å². The van der Waals surface area contributed by atoms with Gasteiger partial charge in [-0.1, -0.05) is 35.2 Å². The third-order valence-corrected chi connectivity index (χ3v) is 3.50. The molecule has 0 heterocycles. The standard InChI is InChI=1S/C11H20BrNO/c1-8(12)11(14)13-9(2)10-6-4-3-5-7-10/h8-10H,3-7H2,1-2H3,(H,13,14)/t8?,9-/m0/s1. The van der Waals surface area contributed by atoms with Crippen molar-refractivity contribution >= 4 is 21.8 Å². The average Bonchev–Trinajstić information content (AvgIpc) is 2.19. The van der Waals surface area contributed by atoms with Crippen LogP contribution < -0.4 is 5.32 Å². The van der Waals surface area contributed by atoms with E-state index in [4.69, 9.17) is 0 Å². The first-order valence-corrected chi connectivity index (χ1v) is 6.47. The largest absolute Gasteiger partial charge is 0.352 e. The van der Waals surface area contributed by atoms with Gasteiger partial charge in [0.05, 0.1) is 4.83 Å². The van der Waals surface area contributed by atoms with Gasteiger partial charge in [-0.3, -0.25) is 4.79 Å². The molecule has 0 bridgehead atoms. The molecule has 0 saturated heterocycles. The zero-order chi connectivity index (χ0) is 10.6. The fraction of sp³-hybridized carbons (Fsp3) is 0.909. The highest BCUT2D eigenvalue weighted by atomic mass is 79.9. The van der Waals surface area contributed by atoms with Gasteiger partial charge in [-0.2, -0.15) is 0 Å². The van der Waals surface area contributed by atoms with E-state index < -0.39 is 0 Å². The van der Waals surface area contributed by atoms with Crippen molar-refractivity contribution in [2.45, 2.75) is 56.8 Å². The van der Waals surface area contributed by atoms with Crippen LogP contribution in [0.5, 0.6) is 0 Å². The molecule has 0 aromatic rings. The van der Waals surface area contributed by atoms with Crippen LogP contribution in [0.3, 0.4) is 0 Å². The van der Waals surface area contributed by atoms with Crippen LogP contribution in [0.2, 0.25) is 0 Å². The molecule has 0 aromatic carbocycles. The minimum atomic E-state index is -0.0754. The Morgan fingerprint density at radius 1 is 1.29 bits per heavy atom. The molecule has 1 fully saturated rings. The smallest absolute Gasteiger partial charge is 0.233 e. The molecule has 1 unspecified atom stereocenters. The lowest BCUT2D eigenvalue weighted by atomic mass is 9.84. The first kappa shape index (κ1) is 12.0. The maximum absolute atomic E-state index is 11.4. The van der Waals surface area contributed by atoms with Crippen LogP contribution in [-0.4, -0.2) is 16.8 Å². The zero-order valence-electron chi connectivity index (χ0n) is 9.05. The number of halogens is 1. The third kappa shape index (κ3) is 3.60. The molecule has 82 valence electrons. The number of amides is 1. The van der Waals surface area contributed by atoms with Gasteiger partial charge in [-0.05, 0) is 32.6 Å². The molecule has 0 aromatic heterocycles. The van der Waals surface area contributed by atoms with E-state index in [1.807, 2.05) is 6.92 Å². The fourth-order valence-electron chi connectivity index (χ4n) is 2.09. The Morgan fingerprint density at radius 2 is 1.86 bits per heavy atom. The van der Waals surface area contributed by atoms with Crippen LogP contribution in [0.1, 0.15) is 46.0 Å². The zero-order valence-corrected chi connectivity index (χ0v) is 10.6. The van der Waals surface area contributed by atoms with Crippen molar-refractivity contribution in [3.05, 3.63) is 0 Å². The van der Waals surface area contributed by atoms with E-state index in [9.17, 15) is 4.79 Å². The van der Waals surface area contributed by atoms with Gasteiger partial charge in [-0.15, -0.1) is 0 Å². The SMILES string of the molecule is CC(Br)C(=O)N[C@@H](C)C1CCCCC1. The topological polar surface area (TPSA) is 29.1 Å². The molecular formula is C11H20BrNO. The van der Waals surface area contributed by atoms with Crippen LogP contribution in [-0.2, 0) is 4.79 Å². The molecule has 0 aliphatic heterocycles. The Balaban J connectivity index is 2.32. The van der Waals surface area contributed by atoms with Gasteiger partial charge < -0.3 is 5.32 Å². The van der Waals surface area contributed by atoms with Crippen LogP contribution in [0.25, 0.3) is 0 Å². The summed E-state index contributed by atoms with van der Waals surface area (Å²) < 4.78 is 0. The van der Waals surface area contributed by atoms with Gasteiger partial charge in [0.2, 0.25) is 5.91 Å². The van der Waals surface area contributed by atoms with Crippen LogP contribution in [0.4, 0.5) is 0 Å². The second-order valence-corrected chi connectivity index (χ2v) is 5.68. The van der Waals surface area contributed by atoms with E-state index in [1.54, 1.807) is 0 Å². The van der Waals surface area contributed by atoms with Crippen LogP contribution in [0.15, 0.2) is 0 Å². The van der Waals surface area contributed by atoms with Crippen molar-refractivity contribution in [3.8, 4) is 0 Å². The van der Waals surface area contributed by atoms with Gasteiger partial charge in [-0.25, -0.2) is 0 Å². The summed E-state index contributed by atoms with van der Waals surface area (Å²) in [5.74, 6) is 0.807. The summed E-state index contributed by atoms with van der Waals surface area (Å²) in [6, 6.07) is 0.336. The lowest BCUT2D eigenvalue weighted by Gasteiger charge is -2.28. The highest BCUT2D eigenvalue weighted by Gasteiger charge is 2.22. The van der Waals surface area contributed by atoms with E-state index in [2.05, 4.69) is 28.2 Å². The minimum absolute atomic E-state index is 0.0754. The summed E-state index contributed by atoms with van der Waals surface area (Å²) in [7, 11) is 0. The molecule has 1 saturated carbocycles. The fourth-order valence-corrected chi connectivity index (χ4v) is 2.22.